The standard InChI is InChI=1S/C16H18ClN3O2S/c17-14-4-2-1-3-11(14)9-20-5-6-23-16(20)19-15(21)12-7-13(8-18)22-10-12/h1-6,12-13H,7-10,18H2. The number of benzene rings is 1. The molecule has 0 bridgehead atoms. The fraction of sp³-hybridized carbons (Fsp3) is 0.375. The Hall–Kier alpha value is -1.47. The predicted molar refractivity (Wildman–Crippen MR) is 90.3 cm³/mol. The van der Waals surface area contributed by atoms with E-state index in [2.05, 4.69) is 4.99 Å². The van der Waals surface area contributed by atoms with Crippen molar-refractivity contribution in [2.75, 3.05) is 13.2 Å². The number of hydrogen-bond acceptors (Lipinski definition) is 4. The first-order chi connectivity index (χ1) is 11.2. The number of thiazole rings is 1. The van der Waals surface area contributed by atoms with Gasteiger partial charge in [-0.1, -0.05) is 29.8 Å². The second-order valence-electron chi connectivity index (χ2n) is 5.48. The molecule has 0 aliphatic carbocycles. The normalized spacial score (nSPS) is 21.7. The number of hydrogen-bond donors (Lipinski definition) is 1. The Kier molecular flexibility index (Phi) is 5.27. The Morgan fingerprint density at radius 3 is 3.04 bits per heavy atom. The monoisotopic (exact) mass is 351 g/mol. The van der Waals surface area contributed by atoms with Crippen molar-refractivity contribution in [2.45, 2.75) is 19.1 Å². The van der Waals surface area contributed by atoms with Gasteiger partial charge in [-0.05, 0) is 18.1 Å². The van der Waals surface area contributed by atoms with Crippen LogP contribution in [0.25, 0.3) is 0 Å². The zero-order chi connectivity index (χ0) is 16.2. The number of rotatable bonds is 4. The minimum Gasteiger partial charge on any atom is -0.376 e. The molecular formula is C16H18ClN3O2S. The van der Waals surface area contributed by atoms with Crippen molar-refractivity contribution in [3.8, 4) is 0 Å². The minimum absolute atomic E-state index is 0.0299. The van der Waals surface area contributed by atoms with E-state index in [4.69, 9.17) is 22.1 Å². The van der Waals surface area contributed by atoms with Gasteiger partial charge in [0.05, 0.1) is 25.2 Å². The maximum atomic E-state index is 12.3. The van der Waals surface area contributed by atoms with Gasteiger partial charge in [-0.15, -0.1) is 11.3 Å². The third-order valence-corrected chi connectivity index (χ3v) is 5.02. The van der Waals surface area contributed by atoms with Crippen molar-refractivity contribution in [1.29, 1.82) is 0 Å². The number of carbonyl (C=O) groups excluding carboxylic acids is 1. The molecule has 1 aliphatic heterocycles. The topological polar surface area (TPSA) is 69.6 Å². The molecule has 1 aromatic heterocycles. The van der Waals surface area contributed by atoms with Crippen LogP contribution in [-0.4, -0.2) is 29.7 Å². The summed E-state index contributed by atoms with van der Waals surface area (Å²) in [6.07, 6.45) is 2.53. The smallest absolute Gasteiger partial charge is 0.253 e. The number of carbonyl (C=O) groups is 1. The van der Waals surface area contributed by atoms with Gasteiger partial charge in [-0.2, -0.15) is 4.99 Å². The first-order valence-corrected chi connectivity index (χ1v) is 8.70. The molecule has 23 heavy (non-hydrogen) atoms. The Bertz CT molecular complexity index is 756. The molecule has 3 rings (SSSR count). The van der Waals surface area contributed by atoms with E-state index in [1.807, 2.05) is 40.4 Å². The molecular weight excluding hydrogens is 334 g/mol. The molecule has 1 aliphatic rings. The summed E-state index contributed by atoms with van der Waals surface area (Å²) in [6, 6.07) is 7.66. The van der Waals surface area contributed by atoms with Crippen molar-refractivity contribution < 1.29 is 9.53 Å². The van der Waals surface area contributed by atoms with Crippen molar-refractivity contribution >= 4 is 28.8 Å². The molecule has 5 nitrogen and oxygen atoms in total. The van der Waals surface area contributed by atoms with Crippen LogP contribution in [0.5, 0.6) is 0 Å². The van der Waals surface area contributed by atoms with Crippen molar-refractivity contribution in [3.05, 3.63) is 51.2 Å². The zero-order valence-corrected chi connectivity index (χ0v) is 14.1. The molecule has 2 aromatic rings. The van der Waals surface area contributed by atoms with Gasteiger partial charge in [0, 0.05) is 23.1 Å². The number of halogens is 1. The predicted octanol–water partition coefficient (Wildman–Crippen LogP) is 2.04. The maximum absolute atomic E-state index is 12.3. The molecule has 0 saturated carbocycles. The zero-order valence-electron chi connectivity index (χ0n) is 12.5. The summed E-state index contributed by atoms with van der Waals surface area (Å²) in [5, 5.41) is 2.62. The first-order valence-electron chi connectivity index (χ1n) is 7.45. The number of nitrogens with two attached hydrogens (primary N) is 1. The highest BCUT2D eigenvalue weighted by atomic mass is 35.5. The van der Waals surface area contributed by atoms with Crippen LogP contribution in [0.3, 0.4) is 0 Å². The molecule has 0 spiro atoms. The van der Waals surface area contributed by atoms with Gasteiger partial charge in [0.25, 0.3) is 5.91 Å². The quantitative estimate of drug-likeness (QED) is 0.916. The van der Waals surface area contributed by atoms with Crippen molar-refractivity contribution in [1.82, 2.24) is 4.57 Å². The fourth-order valence-electron chi connectivity index (χ4n) is 2.54. The minimum atomic E-state index is -0.195. The maximum Gasteiger partial charge on any atom is 0.253 e. The summed E-state index contributed by atoms with van der Waals surface area (Å²) in [6.45, 7) is 1.43. The van der Waals surface area contributed by atoms with Gasteiger partial charge < -0.3 is 15.0 Å². The molecule has 1 saturated heterocycles. The van der Waals surface area contributed by atoms with Gasteiger partial charge in [0.15, 0.2) is 4.80 Å². The molecule has 2 N–H and O–H groups in total. The largest absolute Gasteiger partial charge is 0.376 e. The fourth-order valence-corrected chi connectivity index (χ4v) is 3.47. The lowest BCUT2D eigenvalue weighted by molar-refractivity contribution is -0.121. The van der Waals surface area contributed by atoms with Crippen LogP contribution < -0.4 is 10.5 Å². The molecule has 1 fully saturated rings. The van der Waals surface area contributed by atoms with Crippen LogP contribution in [0.15, 0.2) is 40.8 Å². The Labute approximate surface area is 143 Å². The van der Waals surface area contributed by atoms with Crippen LogP contribution in [0.4, 0.5) is 0 Å². The summed E-state index contributed by atoms with van der Waals surface area (Å²) in [5.74, 6) is -0.337. The molecule has 2 heterocycles. The molecule has 1 aromatic carbocycles. The average molecular weight is 352 g/mol. The molecule has 2 atom stereocenters. The van der Waals surface area contributed by atoms with Gasteiger partial charge >= 0.3 is 0 Å². The van der Waals surface area contributed by atoms with E-state index in [9.17, 15) is 4.79 Å². The Morgan fingerprint density at radius 2 is 2.30 bits per heavy atom. The number of amides is 1. The molecule has 0 radical (unpaired) electrons. The molecule has 1 amide bonds. The summed E-state index contributed by atoms with van der Waals surface area (Å²) in [7, 11) is 0. The summed E-state index contributed by atoms with van der Waals surface area (Å²) in [5.41, 5.74) is 6.57. The Balaban J connectivity index is 1.78. The highest BCUT2D eigenvalue weighted by molar-refractivity contribution is 7.07. The highest BCUT2D eigenvalue weighted by Gasteiger charge is 2.29. The lowest BCUT2D eigenvalue weighted by Gasteiger charge is -2.06. The molecule has 122 valence electrons. The van der Waals surface area contributed by atoms with Crippen molar-refractivity contribution in [3.63, 3.8) is 0 Å². The van der Waals surface area contributed by atoms with E-state index in [-0.39, 0.29) is 17.9 Å². The summed E-state index contributed by atoms with van der Waals surface area (Å²) < 4.78 is 7.40. The van der Waals surface area contributed by atoms with E-state index in [0.717, 1.165) is 5.56 Å². The van der Waals surface area contributed by atoms with E-state index in [1.54, 1.807) is 0 Å². The van der Waals surface area contributed by atoms with Crippen LogP contribution >= 0.6 is 22.9 Å². The van der Waals surface area contributed by atoms with E-state index in [1.165, 1.54) is 11.3 Å². The van der Waals surface area contributed by atoms with Gasteiger partial charge in [0.2, 0.25) is 0 Å². The molecule has 2 unspecified atom stereocenters. The van der Waals surface area contributed by atoms with E-state index >= 15 is 0 Å². The highest BCUT2D eigenvalue weighted by Crippen LogP contribution is 2.20. The summed E-state index contributed by atoms with van der Waals surface area (Å²) in [4.78, 5) is 17.3. The van der Waals surface area contributed by atoms with E-state index in [0.29, 0.717) is 35.9 Å². The van der Waals surface area contributed by atoms with Gasteiger partial charge in [-0.25, -0.2) is 0 Å². The lowest BCUT2D eigenvalue weighted by atomic mass is 10.1. The van der Waals surface area contributed by atoms with Crippen LogP contribution in [0.1, 0.15) is 12.0 Å². The third kappa shape index (κ3) is 3.90. The lowest BCUT2D eigenvalue weighted by Crippen LogP contribution is -2.22. The van der Waals surface area contributed by atoms with Crippen LogP contribution in [-0.2, 0) is 16.1 Å². The number of ether oxygens (including phenoxy) is 1. The SMILES string of the molecule is NCC1CC(C(=O)N=c2sccn2Cc2ccccc2Cl)CO1. The Morgan fingerprint density at radius 1 is 1.48 bits per heavy atom. The van der Waals surface area contributed by atoms with E-state index < -0.39 is 0 Å². The van der Waals surface area contributed by atoms with Crippen LogP contribution in [0, 0.1) is 5.92 Å². The van der Waals surface area contributed by atoms with Gasteiger partial charge in [-0.3, -0.25) is 4.79 Å². The third-order valence-electron chi connectivity index (χ3n) is 3.86. The molecule has 7 heteroatoms. The first kappa shape index (κ1) is 16.4. The number of aromatic nitrogens is 1. The van der Waals surface area contributed by atoms with Gasteiger partial charge in [0.1, 0.15) is 0 Å². The summed E-state index contributed by atoms with van der Waals surface area (Å²) >= 11 is 7.63. The van der Waals surface area contributed by atoms with Crippen molar-refractivity contribution in [2.24, 2.45) is 16.6 Å². The number of nitrogens with zero attached hydrogens (tertiary/aromatic N) is 2. The second kappa shape index (κ2) is 7.40. The second-order valence-corrected chi connectivity index (χ2v) is 6.76. The average Bonchev–Trinajstić information content (AvgIpc) is 3.19. The van der Waals surface area contributed by atoms with Crippen LogP contribution in [0.2, 0.25) is 5.02 Å².